The highest BCUT2D eigenvalue weighted by Gasteiger charge is 2.28. The van der Waals surface area contributed by atoms with E-state index in [4.69, 9.17) is 9.47 Å². The highest BCUT2D eigenvalue weighted by molar-refractivity contribution is 5.68. The zero-order chi connectivity index (χ0) is 24.9. The SMILES string of the molecule is CCN(CC1CCN(C(=O)OC(C)(C)C)CC1)c1cc(Nc2cc(F)c(OC)cc2F)ncn1. The second-order valence-electron chi connectivity index (χ2n) is 9.30. The van der Waals surface area contributed by atoms with Crippen LogP contribution in [0, 0.1) is 17.6 Å². The van der Waals surface area contributed by atoms with Gasteiger partial charge in [0.05, 0.1) is 12.8 Å². The maximum atomic E-state index is 14.3. The van der Waals surface area contributed by atoms with Gasteiger partial charge in [0, 0.05) is 44.4 Å². The van der Waals surface area contributed by atoms with Gasteiger partial charge >= 0.3 is 6.09 Å². The number of hydrogen-bond acceptors (Lipinski definition) is 7. The summed E-state index contributed by atoms with van der Waals surface area (Å²) in [5, 5.41) is 2.82. The van der Waals surface area contributed by atoms with Gasteiger partial charge in [-0.1, -0.05) is 0 Å². The van der Waals surface area contributed by atoms with Crippen molar-refractivity contribution in [3.8, 4) is 5.75 Å². The van der Waals surface area contributed by atoms with Crippen molar-refractivity contribution in [2.45, 2.75) is 46.1 Å². The van der Waals surface area contributed by atoms with Crippen LogP contribution in [0.5, 0.6) is 5.75 Å². The Balaban J connectivity index is 1.62. The molecule has 0 spiro atoms. The first-order chi connectivity index (χ1) is 16.1. The van der Waals surface area contributed by atoms with E-state index in [-0.39, 0.29) is 17.5 Å². The molecule has 0 saturated carbocycles. The van der Waals surface area contributed by atoms with Gasteiger partial charge in [-0.2, -0.15) is 0 Å². The standard InChI is InChI=1S/C24H33F2N5O3/c1-6-30(14-16-7-9-31(10-8-16)23(32)34-24(2,3)4)22-13-21(27-15-28-22)29-19-11-18(26)20(33-5)12-17(19)25/h11-13,15-16H,6-10,14H2,1-5H3,(H,27,28,29). The normalized spacial score (nSPS) is 14.6. The average molecular weight is 478 g/mol. The molecule has 34 heavy (non-hydrogen) atoms. The molecule has 1 aliphatic heterocycles. The molecule has 0 bridgehead atoms. The Morgan fingerprint density at radius 3 is 2.50 bits per heavy atom. The summed E-state index contributed by atoms with van der Waals surface area (Å²) >= 11 is 0. The number of carbonyl (C=O) groups is 1. The third kappa shape index (κ3) is 6.68. The number of aromatic nitrogens is 2. The first kappa shape index (κ1) is 25.5. The number of hydrogen-bond donors (Lipinski definition) is 1. The summed E-state index contributed by atoms with van der Waals surface area (Å²) in [6.07, 6.45) is 2.85. The molecule has 0 unspecified atom stereocenters. The molecule has 1 amide bonds. The predicted molar refractivity (Wildman–Crippen MR) is 127 cm³/mol. The molecule has 186 valence electrons. The fourth-order valence-electron chi connectivity index (χ4n) is 3.83. The van der Waals surface area contributed by atoms with Crippen LogP contribution in [0.4, 0.5) is 30.9 Å². The minimum Gasteiger partial charge on any atom is -0.494 e. The number of amides is 1. The number of likely N-dealkylation sites (tertiary alicyclic amines) is 1. The predicted octanol–water partition coefficient (Wildman–Crippen LogP) is 4.98. The van der Waals surface area contributed by atoms with Gasteiger partial charge in [-0.25, -0.2) is 23.5 Å². The molecular weight excluding hydrogens is 444 g/mol. The van der Waals surface area contributed by atoms with Crippen molar-refractivity contribution in [2.24, 2.45) is 5.92 Å². The highest BCUT2D eigenvalue weighted by atomic mass is 19.1. The summed E-state index contributed by atoms with van der Waals surface area (Å²) in [6, 6.07) is 3.73. The lowest BCUT2D eigenvalue weighted by Gasteiger charge is -2.35. The number of nitrogens with one attached hydrogen (secondary N) is 1. The maximum absolute atomic E-state index is 14.3. The molecule has 2 aromatic rings. The Morgan fingerprint density at radius 2 is 1.88 bits per heavy atom. The van der Waals surface area contributed by atoms with Crippen LogP contribution in [0.2, 0.25) is 0 Å². The van der Waals surface area contributed by atoms with Gasteiger partial charge in [-0.05, 0) is 46.5 Å². The number of carbonyl (C=O) groups excluding carboxylic acids is 1. The molecule has 1 aromatic heterocycles. The van der Waals surface area contributed by atoms with Crippen molar-refractivity contribution in [2.75, 3.05) is 43.5 Å². The van der Waals surface area contributed by atoms with Crippen molar-refractivity contribution in [3.63, 3.8) is 0 Å². The lowest BCUT2D eigenvalue weighted by molar-refractivity contribution is 0.0186. The number of halogens is 2. The molecule has 0 atom stereocenters. The largest absolute Gasteiger partial charge is 0.494 e. The Labute approximate surface area is 199 Å². The van der Waals surface area contributed by atoms with E-state index in [1.807, 2.05) is 27.7 Å². The molecule has 1 N–H and O–H groups in total. The van der Waals surface area contributed by atoms with E-state index in [9.17, 15) is 13.6 Å². The number of methoxy groups -OCH3 is 1. The van der Waals surface area contributed by atoms with E-state index >= 15 is 0 Å². The number of nitrogens with zero attached hydrogens (tertiary/aromatic N) is 4. The van der Waals surface area contributed by atoms with Gasteiger partial charge in [0.2, 0.25) is 0 Å². The molecule has 0 radical (unpaired) electrons. The summed E-state index contributed by atoms with van der Waals surface area (Å²) in [5.74, 6) is -0.0637. The molecule has 1 fully saturated rings. The molecule has 3 rings (SSSR count). The van der Waals surface area contributed by atoms with Gasteiger partial charge in [-0.15, -0.1) is 0 Å². The zero-order valence-corrected chi connectivity index (χ0v) is 20.4. The van der Waals surface area contributed by atoms with Gasteiger partial charge in [0.15, 0.2) is 17.4 Å². The lowest BCUT2D eigenvalue weighted by atomic mass is 9.96. The first-order valence-electron chi connectivity index (χ1n) is 11.4. The van der Waals surface area contributed by atoms with E-state index in [0.717, 1.165) is 31.5 Å². The van der Waals surface area contributed by atoms with Crippen molar-refractivity contribution in [1.29, 1.82) is 0 Å². The van der Waals surface area contributed by atoms with E-state index in [0.29, 0.717) is 37.2 Å². The molecule has 8 nitrogen and oxygen atoms in total. The van der Waals surface area contributed by atoms with Crippen LogP contribution in [-0.2, 0) is 4.74 Å². The molecular formula is C24H33F2N5O3. The highest BCUT2D eigenvalue weighted by Crippen LogP contribution is 2.28. The van der Waals surface area contributed by atoms with Gasteiger partial charge in [0.25, 0.3) is 0 Å². The Hall–Kier alpha value is -3.17. The molecule has 1 aromatic carbocycles. The number of anilines is 3. The molecule has 1 saturated heterocycles. The van der Waals surface area contributed by atoms with Crippen LogP contribution in [0.3, 0.4) is 0 Å². The smallest absolute Gasteiger partial charge is 0.410 e. The van der Waals surface area contributed by atoms with Crippen LogP contribution < -0.4 is 15.0 Å². The molecule has 10 heteroatoms. The van der Waals surface area contributed by atoms with Gasteiger partial charge in [-0.3, -0.25) is 0 Å². The monoisotopic (exact) mass is 477 g/mol. The van der Waals surface area contributed by atoms with Crippen molar-refractivity contribution >= 4 is 23.4 Å². The van der Waals surface area contributed by atoms with E-state index < -0.39 is 17.2 Å². The van der Waals surface area contributed by atoms with Crippen LogP contribution >= 0.6 is 0 Å². The van der Waals surface area contributed by atoms with Crippen molar-refractivity contribution < 1.29 is 23.0 Å². The number of rotatable bonds is 7. The first-order valence-corrected chi connectivity index (χ1v) is 11.4. The van der Waals surface area contributed by atoms with Crippen LogP contribution in [0.25, 0.3) is 0 Å². The Kier molecular flexibility index (Phi) is 8.11. The fraction of sp³-hybridized carbons (Fsp3) is 0.542. The van der Waals surface area contributed by atoms with E-state index in [1.54, 1.807) is 11.0 Å². The lowest BCUT2D eigenvalue weighted by Crippen LogP contribution is -2.43. The van der Waals surface area contributed by atoms with Crippen LogP contribution in [0.1, 0.15) is 40.5 Å². The Bertz CT molecular complexity index is 991. The summed E-state index contributed by atoms with van der Waals surface area (Å²) in [7, 11) is 1.28. The number of piperidine rings is 1. The van der Waals surface area contributed by atoms with Crippen molar-refractivity contribution in [1.82, 2.24) is 14.9 Å². The van der Waals surface area contributed by atoms with Crippen LogP contribution in [0.15, 0.2) is 24.5 Å². The topological polar surface area (TPSA) is 79.8 Å². The summed E-state index contributed by atoms with van der Waals surface area (Å²) < 4.78 is 38.6. The second kappa shape index (κ2) is 10.8. The molecule has 2 heterocycles. The van der Waals surface area contributed by atoms with E-state index in [1.165, 1.54) is 13.4 Å². The summed E-state index contributed by atoms with van der Waals surface area (Å²) in [6.45, 7) is 10.4. The maximum Gasteiger partial charge on any atom is 0.410 e. The molecule has 0 aliphatic carbocycles. The van der Waals surface area contributed by atoms with E-state index in [2.05, 4.69) is 20.2 Å². The zero-order valence-electron chi connectivity index (χ0n) is 20.4. The minimum absolute atomic E-state index is 0.0412. The van der Waals surface area contributed by atoms with Gasteiger partial charge in [0.1, 0.15) is 23.6 Å². The Morgan fingerprint density at radius 1 is 1.18 bits per heavy atom. The minimum atomic E-state index is -0.673. The third-order valence-electron chi connectivity index (χ3n) is 5.61. The number of benzene rings is 1. The van der Waals surface area contributed by atoms with Crippen molar-refractivity contribution in [3.05, 3.63) is 36.2 Å². The fourth-order valence-corrected chi connectivity index (χ4v) is 3.83. The third-order valence-corrected chi connectivity index (χ3v) is 5.61. The summed E-state index contributed by atoms with van der Waals surface area (Å²) in [4.78, 5) is 24.7. The number of ether oxygens (including phenoxy) is 2. The average Bonchev–Trinajstić information content (AvgIpc) is 2.79. The van der Waals surface area contributed by atoms with Crippen LogP contribution in [-0.4, -0.2) is 59.9 Å². The quantitative estimate of drug-likeness (QED) is 0.602. The summed E-state index contributed by atoms with van der Waals surface area (Å²) in [5.41, 5.74) is -0.549. The van der Waals surface area contributed by atoms with Gasteiger partial charge < -0.3 is 24.6 Å². The molecule has 1 aliphatic rings. The second-order valence-corrected chi connectivity index (χ2v) is 9.30.